The Morgan fingerprint density at radius 1 is 1.06 bits per heavy atom. The molecule has 9 nitrogen and oxygen atoms in total. The number of carbonyl (C=O) groups excluding carboxylic acids is 1. The Bertz CT molecular complexity index is 1290. The summed E-state index contributed by atoms with van der Waals surface area (Å²) in [5.41, 5.74) is -1.49. The van der Waals surface area contributed by atoms with E-state index in [1.165, 1.54) is 6.92 Å². The average molecular weight is 499 g/mol. The van der Waals surface area contributed by atoms with E-state index in [1.54, 1.807) is 6.92 Å². The third-order valence-corrected chi connectivity index (χ3v) is 5.84. The van der Waals surface area contributed by atoms with Crippen molar-refractivity contribution in [2.45, 2.75) is 51.1 Å². The van der Waals surface area contributed by atoms with E-state index in [0.29, 0.717) is 0 Å². The molecule has 0 saturated carbocycles. The van der Waals surface area contributed by atoms with Gasteiger partial charge in [0.05, 0.1) is 26.0 Å². The number of nitrogens with zero attached hydrogens (tertiary/aromatic N) is 1. The van der Waals surface area contributed by atoms with Crippen LogP contribution in [0.1, 0.15) is 31.2 Å². The van der Waals surface area contributed by atoms with Gasteiger partial charge in [-0.2, -0.15) is 4.39 Å². The third kappa shape index (κ3) is 5.78. The van der Waals surface area contributed by atoms with Crippen molar-refractivity contribution in [2.24, 2.45) is 0 Å². The molecule has 0 unspecified atom stereocenters. The molecule has 1 fully saturated rings. The molecule has 190 valence electrons. The number of aromatic nitrogens is 2. The predicted octanol–water partition coefficient (Wildman–Crippen LogP) is 2.70. The van der Waals surface area contributed by atoms with Crippen LogP contribution in [-0.2, 0) is 37.0 Å². The van der Waals surface area contributed by atoms with Crippen molar-refractivity contribution in [2.75, 3.05) is 6.61 Å². The molecule has 1 aromatic heterocycles. The largest absolute Gasteiger partial charge is 0.455 e. The zero-order valence-electron chi connectivity index (χ0n) is 19.9. The number of ether oxygens (including phenoxy) is 4. The Labute approximate surface area is 206 Å². The minimum absolute atomic E-state index is 0.0101. The summed E-state index contributed by atoms with van der Waals surface area (Å²) in [4.78, 5) is 38.1. The molecule has 0 spiro atoms. The lowest BCUT2D eigenvalue weighted by Crippen LogP contribution is -2.47. The molecule has 4 rings (SSSR count). The second-order valence-electron chi connectivity index (χ2n) is 8.73. The second kappa shape index (κ2) is 11.0. The van der Waals surface area contributed by atoms with E-state index >= 15 is 0 Å². The van der Waals surface area contributed by atoms with Crippen molar-refractivity contribution in [3.8, 4) is 0 Å². The van der Waals surface area contributed by atoms with Crippen LogP contribution in [0.2, 0.25) is 0 Å². The first-order chi connectivity index (χ1) is 17.3. The van der Waals surface area contributed by atoms with E-state index < -0.39 is 47.1 Å². The number of nitrogens with one attached hydrogen (secondary N) is 1. The van der Waals surface area contributed by atoms with Crippen LogP contribution in [0.4, 0.5) is 4.39 Å². The fourth-order valence-electron chi connectivity index (χ4n) is 4.18. The Balaban J connectivity index is 1.66. The van der Waals surface area contributed by atoms with E-state index in [1.807, 2.05) is 65.6 Å². The van der Waals surface area contributed by atoms with E-state index in [9.17, 15) is 18.8 Å². The van der Waals surface area contributed by atoms with Crippen molar-refractivity contribution < 1.29 is 28.1 Å². The quantitative estimate of drug-likeness (QED) is 0.452. The summed E-state index contributed by atoms with van der Waals surface area (Å²) in [5.74, 6) is -1.83. The zero-order valence-corrected chi connectivity index (χ0v) is 19.9. The summed E-state index contributed by atoms with van der Waals surface area (Å²) >= 11 is 0. The van der Waals surface area contributed by atoms with Gasteiger partial charge >= 0.3 is 11.7 Å². The van der Waals surface area contributed by atoms with Gasteiger partial charge in [-0.15, -0.1) is 0 Å². The number of benzene rings is 2. The van der Waals surface area contributed by atoms with Crippen molar-refractivity contribution in [3.05, 3.63) is 105 Å². The van der Waals surface area contributed by atoms with Crippen LogP contribution in [-0.4, -0.2) is 39.9 Å². The number of esters is 1. The molecule has 4 atom stereocenters. The molecular weight excluding hydrogens is 471 g/mol. The number of hydrogen-bond donors (Lipinski definition) is 1. The van der Waals surface area contributed by atoms with Crippen LogP contribution >= 0.6 is 0 Å². The molecule has 1 aliphatic heterocycles. The first-order valence-corrected chi connectivity index (χ1v) is 11.4. The van der Waals surface area contributed by atoms with Crippen molar-refractivity contribution in [1.82, 2.24) is 9.55 Å². The maximum Gasteiger partial charge on any atom is 0.330 e. The number of carbonyl (C=O) groups is 1. The summed E-state index contributed by atoms with van der Waals surface area (Å²) < 4.78 is 38.9. The first kappa shape index (κ1) is 25.5. The van der Waals surface area contributed by atoms with E-state index in [0.717, 1.165) is 21.9 Å². The fraction of sp³-hybridized carbons (Fsp3) is 0.346. The average Bonchev–Trinajstić information content (AvgIpc) is 3.12. The second-order valence-corrected chi connectivity index (χ2v) is 8.73. The number of rotatable bonds is 9. The highest BCUT2D eigenvalue weighted by Crippen LogP contribution is 2.41. The molecule has 0 radical (unpaired) electrons. The molecular formula is C26H27FN2O7. The summed E-state index contributed by atoms with van der Waals surface area (Å²) in [5, 5.41) is 0. The maximum absolute atomic E-state index is 14.1. The first-order valence-electron chi connectivity index (χ1n) is 11.4. The van der Waals surface area contributed by atoms with E-state index in [-0.39, 0.29) is 19.8 Å². The van der Waals surface area contributed by atoms with Gasteiger partial charge < -0.3 is 18.9 Å². The summed E-state index contributed by atoms with van der Waals surface area (Å²) in [6, 6.07) is 18.8. The van der Waals surface area contributed by atoms with Crippen LogP contribution in [0.25, 0.3) is 0 Å². The van der Waals surface area contributed by atoms with E-state index in [2.05, 4.69) is 0 Å². The van der Waals surface area contributed by atoms with Gasteiger partial charge in [0.25, 0.3) is 5.56 Å². The predicted molar refractivity (Wildman–Crippen MR) is 126 cm³/mol. The summed E-state index contributed by atoms with van der Waals surface area (Å²) in [7, 11) is 0. The molecule has 0 aliphatic carbocycles. The molecule has 2 aromatic carbocycles. The monoisotopic (exact) mass is 498 g/mol. The molecule has 1 N–H and O–H groups in total. The van der Waals surface area contributed by atoms with Crippen LogP contribution in [0.5, 0.6) is 0 Å². The van der Waals surface area contributed by atoms with Crippen LogP contribution in [0.3, 0.4) is 0 Å². The van der Waals surface area contributed by atoms with Crippen LogP contribution in [0, 0.1) is 5.82 Å². The number of halogens is 1. The lowest BCUT2D eigenvalue weighted by molar-refractivity contribution is -0.159. The van der Waals surface area contributed by atoms with Gasteiger partial charge in [-0.1, -0.05) is 60.7 Å². The lowest BCUT2D eigenvalue weighted by atomic mass is 9.97. The highest BCUT2D eigenvalue weighted by Gasteiger charge is 2.56. The van der Waals surface area contributed by atoms with Gasteiger partial charge in [-0.25, -0.2) is 4.79 Å². The van der Waals surface area contributed by atoms with Gasteiger partial charge in [0.2, 0.25) is 5.82 Å². The van der Waals surface area contributed by atoms with Gasteiger partial charge in [-0.05, 0) is 18.1 Å². The van der Waals surface area contributed by atoms with Crippen molar-refractivity contribution in [1.29, 1.82) is 0 Å². The van der Waals surface area contributed by atoms with E-state index in [4.69, 9.17) is 18.9 Å². The summed E-state index contributed by atoms with van der Waals surface area (Å²) in [6.07, 6.45) is -2.59. The standard InChI is InChI=1S/C26H27FN2O7/c1-17(30)35-21-22(34-15-19-11-7-4-8-12-19)26(2,16-33-14-18-9-5-3-6-10-18)36-24(21)29-13-20(27)23(31)28-25(29)32/h3-13,21-22,24H,14-16H2,1-2H3,(H,28,31,32)/t21-,22+,24-,26-/m1/s1. The van der Waals surface area contributed by atoms with Gasteiger partial charge in [0.1, 0.15) is 11.7 Å². The Morgan fingerprint density at radius 3 is 2.28 bits per heavy atom. The molecule has 1 saturated heterocycles. The Kier molecular flexibility index (Phi) is 7.78. The minimum Gasteiger partial charge on any atom is -0.455 e. The van der Waals surface area contributed by atoms with Crippen molar-refractivity contribution >= 4 is 5.97 Å². The minimum atomic E-state index is -1.28. The Hall–Kier alpha value is -3.60. The van der Waals surface area contributed by atoms with Gasteiger partial charge in [-0.3, -0.25) is 19.1 Å². The highest BCUT2D eigenvalue weighted by molar-refractivity contribution is 5.66. The van der Waals surface area contributed by atoms with Crippen LogP contribution in [0.15, 0.2) is 76.4 Å². The maximum atomic E-state index is 14.1. The Morgan fingerprint density at radius 2 is 1.67 bits per heavy atom. The third-order valence-electron chi connectivity index (χ3n) is 5.84. The van der Waals surface area contributed by atoms with Crippen LogP contribution < -0.4 is 11.2 Å². The molecule has 2 heterocycles. The van der Waals surface area contributed by atoms with Crippen molar-refractivity contribution in [3.63, 3.8) is 0 Å². The lowest BCUT2D eigenvalue weighted by Gasteiger charge is -2.31. The zero-order chi connectivity index (χ0) is 25.7. The molecule has 10 heteroatoms. The molecule has 0 amide bonds. The highest BCUT2D eigenvalue weighted by atomic mass is 19.1. The smallest absolute Gasteiger partial charge is 0.330 e. The molecule has 1 aliphatic rings. The molecule has 36 heavy (non-hydrogen) atoms. The number of hydrogen-bond acceptors (Lipinski definition) is 7. The summed E-state index contributed by atoms with van der Waals surface area (Å²) in [6.45, 7) is 3.36. The normalized spacial score (nSPS) is 23.5. The fourth-order valence-corrected chi connectivity index (χ4v) is 4.18. The number of aromatic amines is 1. The van der Waals surface area contributed by atoms with Gasteiger partial charge in [0, 0.05) is 6.92 Å². The topological polar surface area (TPSA) is 109 Å². The number of H-pyrrole nitrogens is 1. The SMILES string of the molecule is CC(=O)O[C@H]1[C@H](n2cc(F)c(=O)[nH]c2=O)O[C@](C)(COCc2ccccc2)[C@H]1OCc1ccccc1. The van der Waals surface area contributed by atoms with Gasteiger partial charge in [0.15, 0.2) is 12.3 Å². The molecule has 0 bridgehead atoms. The molecule has 3 aromatic rings.